The van der Waals surface area contributed by atoms with E-state index >= 15 is 0 Å². The molecule has 1 aliphatic rings. The van der Waals surface area contributed by atoms with E-state index in [-0.39, 0.29) is 25.2 Å². The standard InChI is InChI=1S/C14H24N2O6/c1-8(2)5-9(6-21-7-10(17)16(3)4)15-13(18)11-12(22-11)14(19)20/h8-9,11-12H,5-7H2,1-4H3,(H,15,18)(H,19,20)/t9-,11-,12-/m0/s1. The summed E-state index contributed by atoms with van der Waals surface area (Å²) in [5, 5.41) is 11.5. The third-order valence-corrected chi connectivity index (χ3v) is 3.14. The fourth-order valence-electron chi connectivity index (χ4n) is 1.94. The molecule has 0 saturated carbocycles. The van der Waals surface area contributed by atoms with E-state index in [2.05, 4.69) is 5.32 Å². The van der Waals surface area contributed by atoms with Gasteiger partial charge in [0.05, 0.1) is 12.6 Å². The Labute approximate surface area is 129 Å². The van der Waals surface area contributed by atoms with Crippen LogP contribution in [0, 0.1) is 5.92 Å². The molecule has 1 heterocycles. The number of carboxylic acid groups (broad SMARTS) is 1. The quantitative estimate of drug-likeness (QED) is 0.554. The van der Waals surface area contributed by atoms with E-state index in [1.54, 1.807) is 14.1 Å². The number of hydrogen-bond acceptors (Lipinski definition) is 5. The van der Waals surface area contributed by atoms with Crippen LogP contribution in [-0.4, -0.2) is 73.3 Å². The van der Waals surface area contributed by atoms with Gasteiger partial charge in [0.25, 0.3) is 5.91 Å². The molecule has 1 saturated heterocycles. The molecule has 0 aromatic heterocycles. The highest BCUT2D eigenvalue weighted by molar-refractivity contribution is 5.92. The van der Waals surface area contributed by atoms with Crippen molar-refractivity contribution in [3.63, 3.8) is 0 Å². The van der Waals surface area contributed by atoms with Gasteiger partial charge in [-0.1, -0.05) is 13.8 Å². The van der Waals surface area contributed by atoms with Gasteiger partial charge in [-0.15, -0.1) is 0 Å². The Morgan fingerprint density at radius 3 is 2.36 bits per heavy atom. The number of aliphatic carboxylic acids is 1. The van der Waals surface area contributed by atoms with Crippen LogP contribution in [0.2, 0.25) is 0 Å². The molecule has 0 spiro atoms. The molecule has 0 bridgehead atoms. The molecule has 1 fully saturated rings. The summed E-state index contributed by atoms with van der Waals surface area (Å²) in [6.07, 6.45) is -1.33. The van der Waals surface area contributed by atoms with Gasteiger partial charge in [0.1, 0.15) is 6.61 Å². The Bertz CT molecular complexity index is 424. The molecule has 0 unspecified atom stereocenters. The zero-order valence-electron chi connectivity index (χ0n) is 13.4. The summed E-state index contributed by atoms with van der Waals surface area (Å²) in [5.74, 6) is -1.45. The van der Waals surface area contributed by atoms with Crippen molar-refractivity contribution in [1.29, 1.82) is 0 Å². The first-order valence-electron chi connectivity index (χ1n) is 7.19. The summed E-state index contributed by atoms with van der Waals surface area (Å²) in [6, 6.07) is -0.291. The number of carbonyl (C=O) groups is 3. The lowest BCUT2D eigenvalue weighted by molar-refractivity contribution is -0.138. The predicted molar refractivity (Wildman–Crippen MR) is 77.2 cm³/mol. The Balaban J connectivity index is 2.42. The van der Waals surface area contributed by atoms with Crippen molar-refractivity contribution in [2.45, 2.75) is 38.5 Å². The SMILES string of the molecule is CC(C)C[C@@H](COCC(=O)N(C)C)NC(=O)[C@H]1O[C@@H]1C(=O)O. The van der Waals surface area contributed by atoms with Crippen LogP contribution in [0.15, 0.2) is 0 Å². The monoisotopic (exact) mass is 316 g/mol. The van der Waals surface area contributed by atoms with Crippen molar-refractivity contribution in [1.82, 2.24) is 10.2 Å². The molecular weight excluding hydrogens is 292 g/mol. The van der Waals surface area contributed by atoms with Gasteiger partial charge in [-0.3, -0.25) is 9.59 Å². The molecule has 1 rings (SSSR count). The summed E-state index contributed by atoms with van der Waals surface area (Å²) in [6.45, 7) is 4.12. The van der Waals surface area contributed by atoms with E-state index in [0.29, 0.717) is 12.3 Å². The summed E-state index contributed by atoms with van der Waals surface area (Å²) >= 11 is 0. The summed E-state index contributed by atoms with van der Waals surface area (Å²) in [4.78, 5) is 35.4. The number of carbonyl (C=O) groups excluding carboxylic acids is 2. The van der Waals surface area contributed by atoms with Crippen molar-refractivity contribution in [2.75, 3.05) is 27.3 Å². The highest BCUT2D eigenvalue weighted by Crippen LogP contribution is 2.22. The van der Waals surface area contributed by atoms with Gasteiger partial charge in [-0.25, -0.2) is 4.79 Å². The van der Waals surface area contributed by atoms with Crippen molar-refractivity contribution < 1.29 is 29.0 Å². The summed E-state index contributed by atoms with van der Waals surface area (Å²) in [5.41, 5.74) is 0. The van der Waals surface area contributed by atoms with E-state index in [9.17, 15) is 14.4 Å². The number of carboxylic acids is 1. The van der Waals surface area contributed by atoms with Crippen LogP contribution in [-0.2, 0) is 23.9 Å². The van der Waals surface area contributed by atoms with Crippen LogP contribution in [0.5, 0.6) is 0 Å². The smallest absolute Gasteiger partial charge is 0.336 e. The van der Waals surface area contributed by atoms with Gasteiger partial charge in [0.2, 0.25) is 5.91 Å². The minimum absolute atomic E-state index is 0.0604. The lowest BCUT2D eigenvalue weighted by Gasteiger charge is -2.20. The zero-order chi connectivity index (χ0) is 16.9. The minimum atomic E-state index is -1.15. The van der Waals surface area contributed by atoms with E-state index in [1.165, 1.54) is 4.90 Å². The van der Waals surface area contributed by atoms with Gasteiger partial charge in [-0.2, -0.15) is 0 Å². The van der Waals surface area contributed by atoms with Crippen molar-refractivity contribution in [2.24, 2.45) is 5.92 Å². The highest BCUT2D eigenvalue weighted by Gasteiger charge is 2.51. The Kier molecular flexibility index (Phi) is 6.76. The van der Waals surface area contributed by atoms with Crippen LogP contribution in [0.25, 0.3) is 0 Å². The van der Waals surface area contributed by atoms with E-state index < -0.39 is 24.1 Å². The number of rotatable bonds is 9. The first kappa shape index (κ1) is 18.4. The van der Waals surface area contributed by atoms with Gasteiger partial charge in [0, 0.05) is 14.1 Å². The van der Waals surface area contributed by atoms with Gasteiger partial charge >= 0.3 is 5.97 Å². The molecule has 8 nitrogen and oxygen atoms in total. The first-order chi connectivity index (χ1) is 10.2. The fraction of sp³-hybridized carbons (Fsp3) is 0.786. The van der Waals surface area contributed by atoms with Gasteiger partial charge in [-0.05, 0) is 12.3 Å². The molecule has 0 aromatic carbocycles. The first-order valence-corrected chi connectivity index (χ1v) is 7.19. The third kappa shape index (κ3) is 5.98. The normalized spacial score (nSPS) is 21.3. The summed E-state index contributed by atoms with van der Waals surface area (Å²) < 4.78 is 10.1. The van der Waals surface area contributed by atoms with E-state index in [0.717, 1.165) is 0 Å². The Morgan fingerprint density at radius 1 is 1.27 bits per heavy atom. The largest absolute Gasteiger partial charge is 0.479 e. The van der Waals surface area contributed by atoms with Crippen LogP contribution < -0.4 is 5.32 Å². The van der Waals surface area contributed by atoms with E-state index in [1.807, 2.05) is 13.8 Å². The van der Waals surface area contributed by atoms with Crippen LogP contribution in [0.1, 0.15) is 20.3 Å². The average Bonchev–Trinajstić information content (AvgIpc) is 3.17. The van der Waals surface area contributed by atoms with Gasteiger partial charge < -0.3 is 24.8 Å². The zero-order valence-corrected chi connectivity index (χ0v) is 13.4. The molecule has 0 aromatic rings. The Hall–Kier alpha value is -1.67. The number of likely N-dealkylation sites (N-methyl/N-ethyl adjacent to an activating group) is 1. The van der Waals surface area contributed by atoms with Crippen LogP contribution in [0.3, 0.4) is 0 Å². The number of epoxide rings is 1. The lowest BCUT2D eigenvalue weighted by atomic mass is 10.0. The average molecular weight is 316 g/mol. The summed E-state index contributed by atoms with van der Waals surface area (Å²) in [7, 11) is 3.27. The number of nitrogens with zero attached hydrogens (tertiary/aromatic N) is 1. The van der Waals surface area contributed by atoms with Crippen molar-refractivity contribution in [3.8, 4) is 0 Å². The molecular formula is C14H24N2O6. The maximum atomic E-state index is 11.9. The lowest BCUT2D eigenvalue weighted by Crippen LogP contribution is -2.42. The number of amides is 2. The maximum absolute atomic E-state index is 11.9. The third-order valence-electron chi connectivity index (χ3n) is 3.14. The van der Waals surface area contributed by atoms with Gasteiger partial charge in [0.15, 0.2) is 12.2 Å². The van der Waals surface area contributed by atoms with Crippen molar-refractivity contribution >= 4 is 17.8 Å². The Morgan fingerprint density at radius 2 is 1.91 bits per heavy atom. The predicted octanol–water partition coefficient (Wildman–Crippen LogP) is -0.526. The van der Waals surface area contributed by atoms with Crippen LogP contribution in [0.4, 0.5) is 0 Å². The molecule has 2 N–H and O–H groups in total. The number of ether oxygens (including phenoxy) is 2. The molecule has 8 heteroatoms. The molecule has 2 amide bonds. The topological polar surface area (TPSA) is 108 Å². The number of nitrogens with one attached hydrogen (secondary N) is 1. The molecule has 126 valence electrons. The van der Waals surface area contributed by atoms with Crippen LogP contribution >= 0.6 is 0 Å². The van der Waals surface area contributed by atoms with E-state index in [4.69, 9.17) is 14.6 Å². The highest BCUT2D eigenvalue weighted by atomic mass is 16.6. The fourth-order valence-corrected chi connectivity index (χ4v) is 1.94. The molecule has 0 radical (unpaired) electrons. The maximum Gasteiger partial charge on any atom is 0.336 e. The van der Waals surface area contributed by atoms with Crippen molar-refractivity contribution in [3.05, 3.63) is 0 Å². The minimum Gasteiger partial charge on any atom is -0.479 e. The molecule has 3 atom stereocenters. The number of hydrogen-bond donors (Lipinski definition) is 2. The molecule has 0 aliphatic carbocycles. The second kappa shape index (κ2) is 8.09. The second-order valence-corrected chi connectivity index (χ2v) is 5.95. The molecule has 22 heavy (non-hydrogen) atoms. The second-order valence-electron chi connectivity index (χ2n) is 5.95. The molecule has 1 aliphatic heterocycles.